The summed E-state index contributed by atoms with van der Waals surface area (Å²) in [5.74, 6) is 0.846. The van der Waals surface area contributed by atoms with E-state index in [1.54, 1.807) is 39.2 Å². The highest BCUT2D eigenvalue weighted by Crippen LogP contribution is 2.27. The van der Waals surface area contributed by atoms with Gasteiger partial charge in [-0.25, -0.2) is 0 Å². The van der Waals surface area contributed by atoms with Gasteiger partial charge >= 0.3 is 0 Å². The first-order valence-electron chi connectivity index (χ1n) is 9.46. The van der Waals surface area contributed by atoms with Gasteiger partial charge in [0.2, 0.25) is 0 Å². The molecule has 0 radical (unpaired) electrons. The van der Waals surface area contributed by atoms with E-state index in [0.29, 0.717) is 17.9 Å². The van der Waals surface area contributed by atoms with E-state index in [1.165, 1.54) is 4.90 Å². The third-order valence-corrected chi connectivity index (χ3v) is 4.89. The van der Waals surface area contributed by atoms with E-state index in [1.807, 2.05) is 37.3 Å². The molecule has 2 rings (SSSR count). The highest BCUT2D eigenvalue weighted by Gasteiger charge is 2.22. The minimum Gasteiger partial charge on any atom is -0.483 e. The van der Waals surface area contributed by atoms with Gasteiger partial charge in [-0.05, 0) is 43.7 Å². The monoisotopic (exact) mass is 462 g/mol. The van der Waals surface area contributed by atoms with E-state index in [4.69, 9.17) is 9.47 Å². The number of nitrogens with zero attached hydrogens (tertiary/aromatic N) is 1. The van der Waals surface area contributed by atoms with Crippen molar-refractivity contribution >= 4 is 27.7 Å². The predicted molar refractivity (Wildman–Crippen MR) is 116 cm³/mol. The molecule has 2 amide bonds. The van der Waals surface area contributed by atoms with Gasteiger partial charge in [0.1, 0.15) is 11.5 Å². The second-order valence-corrected chi connectivity index (χ2v) is 7.71. The highest BCUT2D eigenvalue weighted by atomic mass is 79.9. The summed E-state index contributed by atoms with van der Waals surface area (Å²) in [7, 11) is 3.36. The SMILES string of the molecule is CCC(NC(=O)C(C)Oc1ccc(Br)cc1)c1ccccc1OCC(=O)N(C)C. The third kappa shape index (κ3) is 6.78. The van der Waals surface area contributed by atoms with E-state index in [9.17, 15) is 9.59 Å². The fourth-order valence-corrected chi connectivity index (χ4v) is 2.89. The summed E-state index contributed by atoms with van der Waals surface area (Å²) >= 11 is 3.37. The highest BCUT2D eigenvalue weighted by molar-refractivity contribution is 9.10. The van der Waals surface area contributed by atoms with E-state index in [2.05, 4.69) is 21.2 Å². The van der Waals surface area contributed by atoms with Gasteiger partial charge in [-0.15, -0.1) is 0 Å². The molecule has 0 bridgehead atoms. The second kappa shape index (κ2) is 10.9. The standard InChI is InChI=1S/C22H27BrN2O4/c1-5-19(18-8-6-7-9-20(18)28-14-21(26)25(3)4)24-22(27)15(2)29-17-12-10-16(23)11-13-17/h6-13,15,19H,5,14H2,1-4H3,(H,24,27). The Balaban J connectivity index is 2.05. The maximum Gasteiger partial charge on any atom is 0.261 e. The molecule has 29 heavy (non-hydrogen) atoms. The van der Waals surface area contributed by atoms with Crippen molar-refractivity contribution in [2.24, 2.45) is 0 Å². The molecule has 0 aromatic heterocycles. The van der Waals surface area contributed by atoms with Crippen LogP contribution in [0.2, 0.25) is 0 Å². The van der Waals surface area contributed by atoms with Crippen molar-refractivity contribution < 1.29 is 19.1 Å². The van der Waals surface area contributed by atoms with Gasteiger partial charge < -0.3 is 19.7 Å². The first kappa shape index (κ1) is 22.7. The Bertz CT molecular complexity index is 824. The van der Waals surface area contributed by atoms with Crippen LogP contribution in [0.4, 0.5) is 0 Å². The summed E-state index contributed by atoms with van der Waals surface area (Å²) in [5.41, 5.74) is 0.825. The molecular formula is C22H27BrN2O4. The summed E-state index contributed by atoms with van der Waals surface area (Å²) in [5, 5.41) is 3.02. The number of amides is 2. The van der Waals surface area contributed by atoms with E-state index in [0.717, 1.165) is 10.0 Å². The summed E-state index contributed by atoms with van der Waals surface area (Å²) in [6, 6.07) is 14.5. The van der Waals surface area contributed by atoms with Crippen LogP contribution in [0.15, 0.2) is 53.0 Å². The normalized spacial score (nSPS) is 12.6. The molecule has 2 aromatic rings. The Labute approximate surface area is 180 Å². The fraction of sp³-hybridized carbons (Fsp3) is 0.364. The Kier molecular flexibility index (Phi) is 8.51. The molecule has 0 aliphatic heterocycles. The van der Waals surface area contributed by atoms with Crippen LogP contribution >= 0.6 is 15.9 Å². The number of benzene rings is 2. The van der Waals surface area contributed by atoms with Crippen molar-refractivity contribution in [2.45, 2.75) is 32.4 Å². The zero-order chi connectivity index (χ0) is 21.4. The lowest BCUT2D eigenvalue weighted by Gasteiger charge is -2.23. The summed E-state index contributed by atoms with van der Waals surface area (Å²) in [6.07, 6.45) is 0.00674. The first-order valence-corrected chi connectivity index (χ1v) is 10.3. The van der Waals surface area contributed by atoms with Crippen LogP contribution in [-0.2, 0) is 9.59 Å². The molecule has 0 heterocycles. The molecular weight excluding hydrogens is 436 g/mol. The average Bonchev–Trinajstić information content (AvgIpc) is 2.71. The number of hydrogen-bond donors (Lipinski definition) is 1. The molecule has 7 heteroatoms. The average molecular weight is 463 g/mol. The molecule has 156 valence electrons. The number of rotatable bonds is 9. The van der Waals surface area contributed by atoms with Crippen molar-refractivity contribution in [3.63, 3.8) is 0 Å². The summed E-state index contributed by atoms with van der Waals surface area (Å²) in [4.78, 5) is 26.0. The van der Waals surface area contributed by atoms with Crippen LogP contribution in [-0.4, -0.2) is 43.5 Å². The van der Waals surface area contributed by atoms with Gasteiger partial charge in [-0.1, -0.05) is 41.1 Å². The van der Waals surface area contributed by atoms with Gasteiger partial charge in [0, 0.05) is 24.1 Å². The molecule has 0 aliphatic carbocycles. The molecule has 0 spiro atoms. The largest absolute Gasteiger partial charge is 0.483 e. The minimum absolute atomic E-state index is 0.0581. The number of hydrogen-bond acceptors (Lipinski definition) is 4. The van der Waals surface area contributed by atoms with Crippen LogP contribution in [0.25, 0.3) is 0 Å². The van der Waals surface area contributed by atoms with Crippen LogP contribution < -0.4 is 14.8 Å². The van der Waals surface area contributed by atoms with Gasteiger partial charge in [-0.3, -0.25) is 9.59 Å². The number of para-hydroxylation sites is 1. The Morgan fingerprint density at radius 2 is 1.76 bits per heavy atom. The van der Waals surface area contributed by atoms with Crippen LogP contribution in [0.5, 0.6) is 11.5 Å². The Hall–Kier alpha value is -2.54. The minimum atomic E-state index is -0.659. The van der Waals surface area contributed by atoms with Gasteiger partial charge in [-0.2, -0.15) is 0 Å². The second-order valence-electron chi connectivity index (χ2n) is 6.80. The molecule has 0 saturated heterocycles. The number of halogens is 1. The van der Waals surface area contributed by atoms with Crippen LogP contribution in [0.1, 0.15) is 31.9 Å². The smallest absolute Gasteiger partial charge is 0.261 e. The first-order chi connectivity index (χ1) is 13.8. The number of nitrogens with one attached hydrogen (secondary N) is 1. The van der Waals surface area contributed by atoms with Crippen LogP contribution in [0.3, 0.4) is 0 Å². The quantitative estimate of drug-likeness (QED) is 0.612. The molecule has 0 saturated carbocycles. The van der Waals surface area contributed by atoms with Crippen LogP contribution in [0, 0.1) is 0 Å². The third-order valence-electron chi connectivity index (χ3n) is 4.36. The lowest BCUT2D eigenvalue weighted by Crippen LogP contribution is -2.38. The zero-order valence-corrected chi connectivity index (χ0v) is 18.7. The topological polar surface area (TPSA) is 67.9 Å². The molecule has 0 aliphatic rings. The predicted octanol–water partition coefficient (Wildman–Crippen LogP) is 3.95. The molecule has 2 unspecified atom stereocenters. The molecule has 1 N–H and O–H groups in total. The molecule has 2 atom stereocenters. The van der Waals surface area contributed by atoms with Crippen molar-refractivity contribution in [2.75, 3.05) is 20.7 Å². The van der Waals surface area contributed by atoms with Crippen molar-refractivity contribution in [3.8, 4) is 11.5 Å². The summed E-state index contributed by atoms with van der Waals surface area (Å²) in [6.45, 7) is 3.63. The number of ether oxygens (including phenoxy) is 2. The Morgan fingerprint density at radius 1 is 1.10 bits per heavy atom. The number of carbonyl (C=O) groups excluding carboxylic acids is 2. The maximum atomic E-state index is 12.7. The Morgan fingerprint density at radius 3 is 2.38 bits per heavy atom. The van der Waals surface area contributed by atoms with Crippen molar-refractivity contribution in [3.05, 3.63) is 58.6 Å². The molecule has 0 fully saturated rings. The van der Waals surface area contributed by atoms with Crippen molar-refractivity contribution in [1.82, 2.24) is 10.2 Å². The molecule has 2 aromatic carbocycles. The summed E-state index contributed by atoms with van der Waals surface area (Å²) < 4.78 is 12.4. The molecule has 6 nitrogen and oxygen atoms in total. The zero-order valence-electron chi connectivity index (χ0n) is 17.1. The van der Waals surface area contributed by atoms with E-state index in [-0.39, 0.29) is 24.5 Å². The van der Waals surface area contributed by atoms with E-state index >= 15 is 0 Å². The van der Waals surface area contributed by atoms with Crippen molar-refractivity contribution in [1.29, 1.82) is 0 Å². The lowest BCUT2D eigenvalue weighted by molar-refractivity contribution is -0.131. The van der Waals surface area contributed by atoms with Gasteiger partial charge in [0.15, 0.2) is 12.7 Å². The number of likely N-dealkylation sites (N-methyl/N-ethyl adjacent to an activating group) is 1. The van der Waals surface area contributed by atoms with Gasteiger partial charge in [0.05, 0.1) is 6.04 Å². The lowest BCUT2D eigenvalue weighted by atomic mass is 10.0. The fourth-order valence-electron chi connectivity index (χ4n) is 2.63. The number of carbonyl (C=O) groups is 2. The van der Waals surface area contributed by atoms with E-state index < -0.39 is 6.10 Å². The van der Waals surface area contributed by atoms with Gasteiger partial charge in [0.25, 0.3) is 11.8 Å². The maximum absolute atomic E-state index is 12.7.